The van der Waals surface area contributed by atoms with Gasteiger partial charge in [0.1, 0.15) is 11.9 Å². The minimum atomic E-state index is -0.728. The van der Waals surface area contributed by atoms with Gasteiger partial charge in [-0.1, -0.05) is 42.0 Å². The number of hydrogen-bond donors (Lipinski definition) is 0. The highest BCUT2D eigenvalue weighted by Gasteiger charge is 2.34. The normalized spacial score (nSPS) is 15.9. The summed E-state index contributed by atoms with van der Waals surface area (Å²) in [6.45, 7) is 2.85. The molecule has 0 saturated carbocycles. The fourth-order valence-electron chi connectivity index (χ4n) is 4.60. The summed E-state index contributed by atoms with van der Waals surface area (Å²) in [5, 5.41) is 0.442. The first-order valence-electron chi connectivity index (χ1n) is 10.1. The molecular weight excluding hydrogens is 397 g/mol. The Bertz CT molecular complexity index is 1460. The van der Waals surface area contributed by atoms with Gasteiger partial charge in [-0.2, -0.15) is 0 Å². The maximum atomic E-state index is 14.8. The molecule has 1 unspecified atom stereocenters. The molecule has 0 radical (unpaired) electrons. The van der Waals surface area contributed by atoms with Gasteiger partial charge in [0.25, 0.3) is 5.56 Å². The lowest BCUT2D eigenvalue weighted by Crippen LogP contribution is -2.37. The molecule has 0 spiro atoms. The smallest absolute Gasteiger partial charge is 0.331 e. The lowest BCUT2D eigenvalue weighted by atomic mass is 10.0. The summed E-state index contributed by atoms with van der Waals surface area (Å²) < 4.78 is 25.4. The molecule has 31 heavy (non-hydrogen) atoms. The van der Waals surface area contributed by atoms with Crippen molar-refractivity contribution < 1.29 is 9.13 Å². The molecule has 0 saturated heterocycles. The fourth-order valence-corrected chi connectivity index (χ4v) is 4.60. The van der Waals surface area contributed by atoms with Crippen LogP contribution in [0.25, 0.3) is 22.2 Å². The molecule has 0 amide bonds. The van der Waals surface area contributed by atoms with E-state index >= 15 is 0 Å². The summed E-state index contributed by atoms with van der Waals surface area (Å²) in [5.74, 6) is -0.388. The van der Waals surface area contributed by atoms with E-state index in [1.165, 1.54) is 17.7 Å². The van der Waals surface area contributed by atoms with Gasteiger partial charge in [-0.15, -0.1) is 0 Å². The molecule has 158 valence electrons. The molecule has 0 bridgehead atoms. The maximum absolute atomic E-state index is 14.8. The minimum absolute atomic E-state index is 0.361. The van der Waals surface area contributed by atoms with Crippen LogP contribution in [0.1, 0.15) is 22.9 Å². The Kier molecular flexibility index (Phi) is 4.44. The molecule has 0 aliphatic carbocycles. The summed E-state index contributed by atoms with van der Waals surface area (Å²) >= 11 is 0. The molecule has 4 aromatic rings. The van der Waals surface area contributed by atoms with E-state index in [2.05, 4.69) is 0 Å². The van der Waals surface area contributed by atoms with Gasteiger partial charge in [0.05, 0.1) is 28.9 Å². The van der Waals surface area contributed by atoms with E-state index in [1.807, 2.05) is 35.8 Å². The average molecular weight is 419 g/mol. The Morgan fingerprint density at radius 1 is 1.03 bits per heavy atom. The third-order valence-corrected chi connectivity index (χ3v) is 6.03. The molecule has 1 aliphatic heterocycles. The number of halogens is 1. The van der Waals surface area contributed by atoms with Gasteiger partial charge in [0, 0.05) is 26.2 Å². The van der Waals surface area contributed by atoms with Gasteiger partial charge < -0.3 is 9.30 Å². The number of nitrogens with zero attached hydrogens (tertiary/aromatic N) is 3. The number of aryl methyl sites for hydroxylation is 2. The molecule has 7 heteroatoms. The lowest BCUT2D eigenvalue weighted by Gasteiger charge is -2.28. The highest BCUT2D eigenvalue weighted by Crippen LogP contribution is 2.41. The van der Waals surface area contributed by atoms with Gasteiger partial charge in [0.15, 0.2) is 0 Å². The van der Waals surface area contributed by atoms with Crippen LogP contribution in [0.3, 0.4) is 0 Å². The van der Waals surface area contributed by atoms with Gasteiger partial charge in [-0.25, -0.2) is 9.18 Å². The van der Waals surface area contributed by atoms with Gasteiger partial charge in [-0.05, 0) is 24.6 Å². The molecule has 1 aliphatic rings. The Morgan fingerprint density at radius 2 is 1.81 bits per heavy atom. The standard InChI is InChI=1S/C24H22FN3O3/c1-14-7-6-8-15(13-14)19-18-20(26(2)24(30)27(3)23(18)29)21-22(31-12-11-28(19)21)16-9-4-5-10-17(16)25/h4-10,13,22H,11-12H2,1-3H3. The van der Waals surface area contributed by atoms with Crippen molar-refractivity contribution in [3.05, 3.63) is 92.0 Å². The maximum Gasteiger partial charge on any atom is 0.331 e. The number of aromatic nitrogens is 3. The van der Waals surface area contributed by atoms with E-state index in [0.717, 1.165) is 21.4 Å². The number of benzene rings is 2. The molecule has 5 rings (SSSR count). The third kappa shape index (κ3) is 2.80. The number of fused-ring (bicyclic) bond motifs is 3. The average Bonchev–Trinajstić information content (AvgIpc) is 3.12. The molecule has 0 N–H and O–H groups in total. The highest BCUT2D eigenvalue weighted by molar-refractivity contribution is 5.96. The van der Waals surface area contributed by atoms with Crippen molar-refractivity contribution in [2.75, 3.05) is 6.61 Å². The second kappa shape index (κ2) is 7.06. The topological polar surface area (TPSA) is 58.2 Å². The quantitative estimate of drug-likeness (QED) is 0.501. The SMILES string of the molecule is Cc1cccc(-c2c3c(=O)n(C)c(=O)n(C)c3c3n2CCOC3c2ccccc2F)c1. The Balaban J connectivity index is 1.98. The van der Waals surface area contributed by atoms with Crippen molar-refractivity contribution in [2.24, 2.45) is 14.1 Å². The molecule has 2 aromatic carbocycles. The molecular formula is C24H22FN3O3. The molecule has 0 fully saturated rings. The number of hydrogen-bond acceptors (Lipinski definition) is 3. The predicted molar refractivity (Wildman–Crippen MR) is 117 cm³/mol. The van der Waals surface area contributed by atoms with Crippen LogP contribution >= 0.6 is 0 Å². The number of ether oxygens (including phenoxy) is 1. The largest absolute Gasteiger partial charge is 0.365 e. The van der Waals surface area contributed by atoms with Crippen LogP contribution in [-0.4, -0.2) is 20.3 Å². The zero-order valence-corrected chi connectivity index (χ0v) is 17.6. The van der Waals surface area contributed by atoms with Crippen molar-refractivity contribution in [3.63, 3.8) is 0 Å². The summed E-state index contributed by atoms with van der Waals surface area (Å²) in [5.41, 5.74) is 3.35. The third-order valence-electron chi connectivity index (χ3n) is 6.03. The van der Waals surface area contributed by atoms with E-state index in [-0.39, 0.29) is 11.4 Å². The van der Waals surface area contributed by atoms with E-state index in [9.17, 15) is 14.0 Å². The van der Waals surface area contributed by atoms with Crippen LogP contribution in [0.2, 0.25) is 0 Å². The summed E-state index contributed by atoms with van der Waals surface area (Å²) in [6.07, 6.45) is -0.728. The van der Waals surface area contributed by atoms with E-state index < -0.39 is 11.8 Å². The van der Waals surface area contributed by atoms with Crippen LogP contribution in [0.15, 0.2) is 58.1 Å². The Hall–Kier alpha value is -3.45. The van der Waals surface area contributed by atoms with Gasteiger partial charge >= 0.3 is 5.69 Å². The molecule has 3 heterocycles. The summed E-state index contributed by atoms with van der Waals surface area (Å²) in [4.78, 5) is 26.1. The molecule has 6 nitrogen and oxygen atoms in total. The zero-order valence-electron chi connectivity index (χ0n) is 17.6. The summed E-state index contributed by atoms with van der Waals surface area (Å²) in [6, 6.07) is 14.4. The first-order chi connectivity index (χ1) is 14.9. The first-order valence-corrected chi connectivity index (χ1v) is 10.1. The summed E-state index contributed by atoms with van der Waals surface area (Å²) in [7, 11) is 3.11. The monoisotopic (exact) mass is 419 g/mol. The van der Waals surface area contributed by atoms with Gasteiger partial charge in [-0.3, -0.25) is 13.9 Å². The van der Waals surface area contributed by atoms with Crippen LogP contribution in [0.5, 0.6) is 0 Å². The van der Waals surface area contributed by atoms with Crippen LogP contribution in [0.4, 0.5) is 4.39 Å². The van der Waals surface area contributed by atoms with Crippen molar-refractivity contribution in [2.45, 2.75) is 19.6 Å². The van der Waals surface area contributed by atoms with Crippen LogP contribution in [-0.2, 0) is 25.4 Å². The van der Waals surface area contributed by atoms with E-state index in [4.69, 9.17) is 4.74 Å². The predicted octanol–water partition coefficient (Wildman–Crippen LogP) is 3.27. The van der Waals surface area contributed by atoms with Crippen molar-refractivity contribution in [1.82, 2.24) is 13.7 Å². The Morgan fingerprint density at radius 3 is 2.55 bits per heavy atom. The second-order valence-electron chi connectivity index (χ2n) is 7.96. The van der Waals surface area contributed by atoms with Crippen molar-refractivity contribution in [1.29, 1.82) is 0 Å². The van der Waals surface area contributed by atoms with Crippen molar-refractivity contribution >= 4 is 10.9 Å². The van der Waals surface area contributed by atoms with Gasteiger partial charge in [0.2, 0.25) is 0 Å². The van der Waals surface area contributed by atoms with E-state index in [0.29, 0.717) is 35.3 Å². The number of rotatable bonds is 2. The molecule has 1 atom stereocenters. The Labute approximate surface area is 177 Å². The van der Waals surface area contributed by atoms with Crippen LogP contribution in [0, 0.1) is 12.7 Å². The van der Waals surface area contributed by atoms with E-state index in [1.54, 1.807) is 25.2 Å². The first kappa shape index (κ1) is 19.5. The lowest BCUT2D eigenvalue weighted by molar-refractivity contribution is 0.0457. The minimum Gasteiger partial charge on any atom is -0.365 e. The second-order valence-corrected chi connectivity index (χ2v) is 7.96. The van der Waals surface area contributed by atoms with Crippen molar-refractivity contribution in [3.8, 4) is 11.3 Å². The molecule has 2 aromatic heterocycles. The van der Waals surface area contributed by atoms with Crippen LogP contribution < -0.4 is 11.2 Å². The fraction of sp³-hybridized carbons (Fsp3) is 0.250. The highest BCUT2D eigenvalue weighted by atomic mass is 19.1. The zero-order chi connectivity index (χ0) is 21.9.